The van der Waals surface area contributed by atoms with Gasteiger partial charge in [0.05, 0.1) is 13.7 Å². The molecule has 1 aliphatic rings. The van der Waals surface area contributed by atoms with Crippen molar-refractivity contribution in [2.24, 2.45) is 4.99 Å². The van der Waals surface area contributed by atoms with Crippen LogP contribution in [0.25, 0.3) is 0 Å². The molecule has 8 heteroatoms. The molecule has 1 saturated heterocycles. The van der Waals surface area contributed by atoms with Crippen LogP contribution >= 0.6 is 24.0 Å². The number of nitrogens with zero attached hydrogens (tertiary/aromatic N) is 3. The summed E-state index contributed by atoms with van der Waals surface area (Å²) >= 11 is 0. The lowest BCUT2D eigenvalue weighted by molar-refractivity contribution is 0.111. The van der Waals surface area contributed by atoms with Crippen molar-refractivity contribution in [3.63, 3.8) is 0 Å². The number of likely N-dealkylation sites (N-methyl/N-ethyl adjacent to an activating group) is 1. The van der Waals surface area contributed by atoms with Crippen molar-refractivity contribution in [1.82, 2.24) is 20.4 Å². The number of rotatable bonds is 7. The summed E-state index contributed by atoms with van der Waals surface area (Å²) in [5.74, 6) is 0.846. The Kier molecular flexibility index (Phi) is 12.0. The molecule has 0 bridgehead atoms. The fourth-order valence-corrected chi connectivity index (χ4v) is 3.24. The van der Waals surface area contributed by atoms with Crippen LogP contribution in [0.4, 0.5) is 4.79 Å². The Hall–Kier alpha value is -1.55. The number of hydrogen-bond donors (Lipinski definition) is 2. The molecule has 7 nitrogen and oxygen atoms in total. The van der Waals surface area contributed by atoms with Crippen molar-refractivity contribution in [2.45, 2.75) is 45.3 Å². The zero-order chi connectivity index (χ0) is 20.4. The number of ether oxygens (including phenoxy) is 1. The number of guanidine groups is 1. The molecule has 1 aromatic rings. The number of halogens is 1. The molecule has 1 heterocycles. The summed E-state index contributed by atoms with van der Waals surface area (Å²) in [6.07, 6.45) is 1.54. The van der Waals surface area contributed by atoms with Gasteiger partial charge in [-0.05, 0) is 39.3 Å². The standard InChI is InChI=1S/C21H35N5O2.HI/c1-5-22-20(24-19-11-13-26(14-12-19)21(27)28-4)23-15-17(2)25(3)16-18-9-7-6-8-10-18;/h6-10,17,19H,5,11-16H2,1-4H3,(H2,22,23,24);1H. The molecule has 0 radical (unpaired) electrons. The highest BCUT2D eigenvalue weighted by Gasteiger charge is 2.23. The maximum Gasteiger partial charge on any atom is 0.409 e. The predicted molar refractivity (Wildman–Crippen MR) is 129 cm³/mol. The number of benzene rings is 1. The van der Waals surface area contributed by atoms with Crippen LogP contribution in [-0.4, -0.2) is 74.3 Å². The summed E-state index contributed by atoms with van der Waals surface area (Å²) < 4.78 is 4.80. The summed E-state index contributed by atoms with van der Waals surface area (Å²) in [5, 5.41) is 6.85. The highest BCUT2D eigenvalue weighted by atomic mass is 127. The summed E-state index contributed by atoms with van der Waals surface area (Å²) in [4.78, 5) is 20.5. The van der Waals surface area contributed by atoms with Gasteiger partial charge in [-0.2, -0.15) is 0 Å². The zero-order valence-electron chi connectivity index (χ0n) is 18.1. The Morgan fingerprint density at radius 3 is 2.55 bits per heavy atom. The summed E-state index contributed by atoms with van der Waals surface area (Å²) in [6.45, 7) is 8.14. The summed E-state index contributed by atoms with van der Waals surface area (Å²) in [7, 11) is 3.56. The minimum atomic E-state index is -0.241. The Morgan fingerprint density at radius 2 is 1.97 bits per heavy atom. The second-order valence-electron chi connectivity index (χ2n) is 7.35. The molecular formula is C21H36IN5O2. The van der Waals surface area contributed by atoms with E-state index in [1.54, 1.807) is 4.90 Å². The van der Waals surface area contributed by atoms with Crippen LogP contribution in [0.3, 0.4) is 0 Å². The van der Waals surface area contributed by atoms with Gasteiger partial charge in [-0.3, -0.25) is 9.89 Å². The Bertz CT molecular complexity index is 621. The molecule has 2 N–H and O–H groups in total. The first-order chi connectivity index (χ1) is 13.5. The van der Waals surface area contributed by atoms with Gasteiger partial charge in [-0.15, -0.1) is 24.0 Å². The first-order valence-electron chi connectivity index (χ1n) is 10.1. The highest BCUT2D eigenvalue weighted by molar-refractivity contribution is 14.0. The maximum absolute atomic E-state index is 11.6. The molecule has 1 aliphatic heterocycles. The zero-order valence-corrected chi connectivity index (χ0v) is 20.4. The SMILES string of the molecule is CCNC(=NCC(C)N(C)Cc1ccccc1)NC1CCN(C(=O)OC)CC1.I. The number of likely N-dealkylation sites (tertiary alicyclic amines) is 1. The Morgan fingerprint density at radius 1 is 1.31 bits per heavy atom. The topological polar surface area (TPSA) is 69.2 Å². The lowest BCUT2D eigenvalue weighted by Crippen LogP contribution is -2.50. The van der Waals surface area contributed by atoms with Gasteiger partial charge in [0.1, 0.15) is 0 Å². The molecule has 1 aromatic carbocycles. The van der Waals surface area contributed by atoms with Gasteiger partial charge in [0, 0.05) is 38.3 Å². The first kappa shape index (κ1) is 25.5. The fraction of sp³-hybridized carbons (Fsp3) is 0.619. The van der Waals surface area contributed by atoms with Gasteiger partial charge in [0.25, 0.3) is 0 Å². The quantitative estimate of drug-likeness (QED) is 0.331. The third kappa shape index (κ3) is 8.77. The van der Waals surface area contributed by atoms with Gasteiger partial charge >= 0.3 is 6.09 Å². The maximum atomic E-state index is 11.6. The van der Waals surface area contributed by atoms with E-state index in [0.717, 1.165) is 38.4 Å². The number of aliphatic imine (C=N–C) groups is 1. The van der Waals surface area contributed by atoms with E-state index < -0.39 is 0 Å². The molecular weight excluding hydrogens is 481 g/mol. The van der Waals surface area contributed by atoms with E-state index in [-0.39, 0.29) is 30.1 Å². The largest absolute Gasteiger partial charge is 0.453 e. The number of carbonyl (C=O) groups is 1. The number of methoxy groups -OCH3 is 1. The minimum Gasteiger partial charge on any atom is -0.453 e. The van der Waals surface area contributed by atoms with Crippen molar-refractivity contribution in [3.05, 3.63) is 35.9 Å². The van der Waals surface area contributed by atoms with Crippen LogP contribution in [-0.2, 0) is 11.3 Å². The average molecular weight is 517 g/mol. The van der Waals surface area contributed by atoms with E-state index in [2.05, 4.69) is 60.7 Å². The van der Waals surface area contributed by atoms with Gasteiger partial charge in [-0.25, -0.2) is 4.79 Å². The van der Waals surface area contributed by atoms with Crippen LogP contribution in [0.1, 0.15) is 32.3 Å². The molecule has 1 unspecified atom stereocenters. The summed E-state index contributed by atoms with van der Waals surface area (Å²) in [5.41, 5.74) is 1.31. The monoisotopic (exact) mass is 517 g/mol. The first-order valence-corrected chi connectivity index (χ1v) is 10.1. The van der Waals surface area contributed by atoms with Gasteiger partial charge < -0.3 is 20.3 Å². The average Bonchev–Trinajstić information content (AvgIpc) is 2.72. The van der Waals surface area contributed by atoms with E-state index in [1.165, 1.54) is 12.7 Å². The van der Waals surface area contributed by atoms with E-state index in [4.69, 9.17) is 9.73 Å². The van der Waals surface area contributed by atoms with Crippen molar-refractivity contribution in [3.8, 4) is 0 Å². The third-order valence-electron chi connectivity index (χ3n) is 5.15. The molecule has 0 spiro atoms. The van der Waals surface area contributed by atoms with Crippen LogP contribution in [0.2, 0.25) is 0 Å². The van der Waals surface area contributed by atoms with Gasteiger partial charge in [0.15, 0.2) is 5.96 Å². The second-order valence-corrected chi connectivity index (χ2v) is 7.35. The molecule has 29 heavy (non-hydrogen) atoms. The van der Waals surface area contributed by atoms with Crippen molar-refractivity contribution in [1.29, 1.82) is 0 Å². The molecule has 1 fully saturated rings. The molecule has 2 rings (SSSR count). The Balaban J connectivity index is 0.00000420. The third-order valence-corrected chi connectivity index (χ3v) is 5.15. The molecule has 164 valence electrons. The van der Waals surface area contributed by atoms with Crippen molar-refractivity contribution < 1.29 is 9.53 Å². The lowest BCUT2D eigenvalue weighted by Gasteiger charge is -2.32. The smallest absolute Gasteiger partial charge is 0.409 e. The number of amides is 1. The fourth-order valence-electron chi connectivity index (χ4n) is 3.24. The summed E-state index contributed by atoms with van der Waals surface area (Å²) in [6, 6.07) is 11.1. The molecule has 1 atom stereocenters. The number of piperidine rings is 1. The lowest BCUT2D eigenvalue weighted by atomic mass is 10.1. The number of hydrogen-bond acceptors (Lipinski definition) is 4. The highest BCUT2D eigenvalue weighted by Crippen LogP contribution is 2.11. The van der Waals surface area contributed by atoms with Crippen molar-refractivity contribution in [2.75, 3.05) is 40.3 Å². The molecule has 1 amide bonds. The van der Waals surface area contributed by atoms with Gasteiger partial charge in [-0.1, -0.05) is 30.3 Å². The van der Waals surface area contributed by atoms with E-state index in [1.807, 2.05) is 6.07 Å². The molecule has 0 aromatic heterocycles. The Labute approximate surface area is 192 Å². The van der Waals surface area contributed by atoms with Crippen molar-refractivity contribution >= 4 is 36.0 Å². The van der Waals surface area contributed by atoms with E-state index in [0.29, 0.717) is 25.2 Å². The van der Waals surface area contributed by atoms with Crippen LogP contribution in [0.5, 0.6) is 0 Å². The van der Waals surface area contributed by atoms with Gasteiger partial charge in [0.2, 0.25) is 0 Å². The predicted octanol–water partition coefficient (Wildman–Crippen LogP) is 2.91. The van der Waals surface area contributed by atoms with E-state index >= 15 is 0 Å². The minimum absolute atomic E-state index is 0. The number of carbonyl (C=O) groups excluding carboxylic acids is 1. The normalized spacial score (nSPS) is 16.2. The molecule has 0 saturated carbocycles. The molecule has 0 aliphatic carbocycles. The van der Waals surface area contributed by atoms with Crippen LogP contribution in [0, 0.1) is 0 Å². The number of nitrogens with one attached hydrogen (secondary N) is 2. The van der Waals surface area contributed by atoms with Crippen LogP contribution in [0.15, 0.2) is 35.3 Å². The van der Waals surface area contributed by atoms with Crippen LogP contribution < -0.4 is 10.6 Å². The second kappa shape index (κ2) is 13.6. The van der Waals surface area contributed by atoms with E-state index in [9.17, 15) is 4.79 Å².